The first-order chi connectivity index (χ1) is 9.21. The molecule has 0 aliphatic heterocycles. The third-order valence-electron chi connectivity index (χ3n) is 3.08. The highest BCUT2D eigenvalue weighted by Gasteiger charge is 2.10. The van der Waals surface area contributed by atoms with Crippen LogP contribution in [-0.2, 0) is 0 Å². The number of ether oxygens (including phenoxy) is 1. The zero-order valence-electron chi connectivity index (χ0n) is 12.3. The Labute approximate surface area is 117 Å². The van der Waals surface area contributed by atoms with Crippen LogP contribution in [0, 0.1) is 12.3 Å². The van der Waals surface area contributed by atoms with Gasteiger partial charge in [0.25, 0.3) is 0 Å². The van der Waals surface area contributed by atoms with Crippen molar-refractivity contribution in [2.45, 2.75) is 52.1 Å². The van der Waals surface area contributed by atoms with Crippen molar-refractivity contribution in [1.29, 1.82) is 0 Å². The fourth-order valence-electron chi connectivity index (χ4n) is 1.97. The number of terminal acetylenes is 1. The zero-order valence-corrected chi connectivity index (χ0v) is 12.3. The van der Waals surface area contributed by atoms with Gasteiger partial charge in [-0.05, 0) is 37.5 Å². The van der Waals surface area contributed by atoms with Gasteiger partial charge in [-0.1, -0.05) is 38.3 Å². The lowest BCUT2D eigenvalue weighted by Gasteiger charge is -2.19. The number of hydrogen-bond donors (Lipinski definition) is 1. The smallest absolute Gasteiger partial charge is 0.119 e. The molecular formula is C17H25NO. The van der Waals surface area contributed by atoms with Gasteiger partial charge in [-0.3, -0.25) is 5.32 Å². The van der Waals surface area contributed by atoms with E-state index in [1.807, 2.05) is 12.1 Å². The van der Waals surface area contributed by atoms with E-state index in [1.165, 1.54) is 5.56 Å². The number of nitrogens with one attached hydrogen (secondary N) is 1. The molecule has 0 radical (unpaired) electrons. The lowest BCUT2D eigenvalue weighted by Crippen LogP contribution is -2.30. The van der Waals surface area contributed by atoms with Crippen LogP contribution in [0.25, 0.3) is 0 Å². The second kappa shape index (κ2) is 8.61. The van der Waals surface area contributed by atoms with Crippen LogP contribution in [0.3, 0.4) is 0 Å². The molecule has 2 unspecified atom stereocenters. The molecule has 2 nitrogen and oxygen atoms in total. The predicted octanol–water partition coefficient (Wildman–Crippen LogP) is 3.93. The molecule has 2 atom stereocenters. The summed E-state index contributed by atoms with van der Waals surface area (Å²) >= 11 is 0. The van der Waals surface area contributed by atoms with Crippen LogP contribution in [0.2, 0.25) is 0 Å². The molecule has 1 aromatic rings. The molecule has 104 valence electrons. The molecule has 19 heavy (non-hydrogen) atoms. The van der Waals surface area contributed by atoms with Gasteiger partial charge in [0.15, 0.2) is 0 Å². The zero-order chi connectivity index (χ0) is 14.1. The van der Waals surface area contributed by atoms with E-state index in [4.69, 9.17) is 11.2 Å². The molecule has 1 rings (SSSR count). The van der Waals surface area contributed by atoms with E-state index in [0.29, 0.717) is 0 Å². The maximum absolute atomic E-state index is 5.58. The van der Waals surface area contributed by atoms with Gasteiger partial charge >= 0.3 is 0 Å². The lowest BCUT2D eigenvalue weighted by molar-refractivity contribution is 0.317. The van der Waals surface area contributed by atoms with Crippen molar-refractivity contribution in [3.8, 4) is 18.1 Å². The molecular weight excluding hydrogens is 234 g/mol. The minimum absolute atomic E-state index is 0.149. The molecule has 0 aromatic heterocycles. The van der Waals surface area contributed by atoms with E-state index < -0.39 is 0 Å². The first-order valence-corrected chi connectivity index (χ1v) is 7.16. The molecule has 0 spiro atoms. The summed E-state index contributed by atoms with van der Waals surface area (Å²) in [5.74, 6) is 3.74. The van der Waals surface area contributed by atoms with E-state index in [9.17, 15) is 0 Å². The third kappa shape index (κ3) is 5.36. The fourth-order valence-corrected chi connectivity index (χ4v) is 1.97. The van der Waals surface area contributed by atoms with Crippen molar-refractivity contribution in [3.05, 3.63) is 29.8 Å². The largest absolute Gasteiger partial charge is 0.494 e. The highest BCUT2D eigenvalue weighted by molar-refractivity contribution is 5.29. The highest BCUT2D eigenvalue weighted by atomic mass is 16.5. The van der Waals surface area contributed by atoms with Crippen molar-refractivity contribution in [2.24, 2.45) is 0 Å². The Bertz CT molecular complexity index is 391. The maximum Gasteiger partial charge on any atom is 0.119 e. The molecule has 1 N–H and O–H groups in total. The van der Waals surface area contributed by atoms with Gasteiger partial charge in [0.1, 0.15) is 5.75 Å². The Morgan fingerprint density at radius 3 is 2.42 bits per heavy atom. The summed E-state index contributed by atoms with van der Waals surface area (Å²) < 4.78 is 5.58. The minimum Gasteiger partial charge on any atom is -0.494 e. The Morgan fingerprint density at radius 1 is 1.21 bits per heavy atom. The summed E-state index contributed by atoms with van der Waals surface area (Å²) in [4.78, 5) is 0. The quantitative estimate of drug-likeness (QED) is 0.714. The molecule has 0 saturated heterocycles. The molecule has 0 heterocycles. The van der Waals surface area contributed by atoms with Crippen LogP contribution in [0.15, 0.2) is 24.3 Å². The molecule has 0 saturated carbocycles. The summed E-state index contributed by atoms with van der Waals surface area (Å²) in [6.45, 7) is 7.16. The Kier molecular flexibility index (Phi) is 7.07. The monoisotopic (exact) mass is 259 g/mol. The van der Waals surface area contributed by atoms with Crippen LogP contribution in [0.1, 0.15) is 51.6 Å². The second-order valence-electron chi connectivity index (χ2n) is 4.81. The van der Waals surface area contributed by atoms with Gasteiger partial charge in [0, 0.05) is 6.04 Å². The first-order valence-electron chi connectivity index (χ1n) is 7.16. The topological polar surface area (TPSA) is 21.3 Å². The number of rotatable bonds is 8. The number of hydrogen-bond acceptors (Lipinski definition) is 2. The highest BCUT2D eigenvalue weighted by Crippen LogP contribution is 2.18. The lowest BCUT2D eigenvalue weighted by atomic mass is 10.1. The van der Waals surface area contributed by atoms with E-state index in [-0.39, 0.29) is 12.1 Å². The van der Waals surface area contributed by atoms with Crippen molar-refractivity contribution < 1.29 is 4.74 Å². The SMILES string of the molecule is C#CC(CCC)NC(C)c1ccc(OCCC)cc1. The van der Waals surface area contributed by atoms with Crippen LogP contribution < -0.4 is 10.1 Å². The normalized spacial score (nSPS) is 13.6. The van der Waals surface area contributed by atoms with Crippen molar-refractivity contribution in [1.82, 2.24) is 5.32 Å². The summed E-state index contributed by atoms with van der Waals surface area (Å²) in [5.41, 5.74) is 1.24. The van der Waals surface area contributed by atoms with Crippen LogP contribution >= 0.6 is 0 Å². The van der Waals surface area contributed by atoms with Crippen molar-refractivity contribution in [3.63, 3.8) is 0 Å². The van der Waals surface area contributed by atoms with Gasteiger partial charge in [-0.15, -0.1) is 6.42 Å². The van der Waals surface area contributed by atoms with Crippen LogP contribution in [0.4, 0.5) is 0 Å². The first kappa shape index (κ1) is 15.6. The molecule has 1 aromatic carbocycles. The summed E-state index contributed by atoms with van der Waals surface area (Å²) in [6, 6.07) is 8.65. The number of benzene rings is 1. The van der Waals surface area contributed by atoms with Gasteiger partial charge in [-0.25, -0.2) is 0 Å². The van der Waals surface area contributed by atoms with Gasteiger partial charge < -0.3 is 4.74 Å². The average molecular weight is 259 g/mol. The fraction of sp³-hybridized carbons (Fsp3) is 0.529. The summed E-state index contributed by atoms with van der Waals surface area (Å²) in [5, 5.41) is 3.47. The van der Waals surface area contributed by atoms with Crippen LogP contribution in [0.5, 0.6) is 5.75 Å². The maximum atomic E-state index is 5.58. The predicted molar refractivity (Wildman–Crippen MR) is 81.3 cm³/mol. The molecule has 0 amide bonds. The van der Waals surface area contributed by atoms with Gasteiger partial charge in [-0.2, -0.15) is 0 Å². The molecule has 0 aliphatic carbocycles. The van der Waals surface area contributed by atoms with E-state index in [2.05, 4.69) is 44.1 Å². The Morgan fingerprint density at radius 2 is 1.89 bits per heavy atom. The summed E-state index contributed by atoms with van der Waals surface area (Å²) in [7, 11) is 0. The van der Waals surface area contributed by atoms with E-state index in [0.717, 1.165) is 31.6 Å². The van der Waals surface area contributed by atoms with Gasteiger partial charge in [0.05, 0.1) is 12.6 Å². The average Bonchev–Trinajstić information content (AvgIpc) is 2.45. The van der Waals surface area contributed by atoms with Gasteiger partial charge in [0.2, 0.25) is 0 Å². The van der Waals surface area contributed by atoms with Crippen molar-refractivity contribution >= 4 is 0 Å². The van der Waals surface area contributed by atoms with Crippen molar-refractivity contribution in [2.75, 3.05) is 6.61 Å². The third-order valence-corrected chi connectivity index (χ3v) is 3.08. The molecule has 2 heteroatoms. The molecule has 0 aliphatic rings. The Hall–Kier alpha value is -1.46. The minimum atomic E-state index is 0.149. The standard InChI is InChI=1S/C17H25NO/c1-5-8-16(7-3)18-14(4)15-9-11-17(12-10-15)19-13-6-2/h3,9-12,14,16,18H,5-6,8,13H2,1-2,4H3. The van der Waals surface area contributed by atoms with E-state index >= 15 is 0 Å². The Balaban J connectivity index is 2.57. The van der Waals surface area contributed by atoms with Crippen LogP contribution in [-0.4, -0.2) is 12.6 Å². The van der Waals surface area contributed by atoms with E-state index in [1.54, 1.807) is 0 Å². The molecule has 0 fully saturated rings. The second-order valence-corrected chi connectivity index (χ2v) is 4.81. The molecule has 0 bridgehead atoms. The summed E-state index contributed by atoms with van der Waals surface area (Å²) in [6.07, 6.45) is 8.67.